The van der Waals surface area contributed by atoms with Crippen LogP contribution in [0.1, 0.15) is 11.3 Å². The Balaban J connectivity index is 1.45. The number of aromatic nitrogens is 3. The van der Waals surface area contributed by atoms with E-state index in [4.69, 9.17) is 19.9 Å². The molecule has 0 aliphatic carbocycles. The van der Waals surface area contributed by atoms with E-state index in [0.29, 0.717) is 18.8 Å². The summed E-state index contributed by atoms with van der Waals surface area (Å²) in [7, 11) is 3.28. The van der Waals surface area contributed by atoms with Crippen LogP contribution >= 0.6 is 0 Å². The average Bonchev–Trinajstić information content (AvgIpc) is 3.18. The fourth-order valence-electron chi connectivity index (χ4n) is 3.56. The first-order valence-corrected chi connectivity index (χ1v) is 10.1. The molecule has 0 amide bonds. The monoisotopic (exact) mass is 418 g/mol. The molecule has 160 valence electrons. The molecule has 2 aromatic heterocycles. The number of H-pyrrole nitrogens is 1. The Hall–Kier alpha value is -3.58. The van der Waals surface area contributed by atoms with Gasteiger partial charge in [-0.25, -0.2) is 0 Å². The number of aryl methyl sites for hydroxylation is 1. The van der Waals surface area contributed by atoms with Crippen molar-refractivity contribution in [1.82, 2.24) is 15.2 Å². The van der Waals surface area contributed by atoms with Crippen LogP contribution in [0.5, 0.6) is 17.2 Å². The van der Waals surface area contributed by atoms with Crippen molar-refractivity contribution in [3.8, 4) is 28.4 Å². The molecule has 2 aromatic carbocycles. The Morgan fingerprint density at radius 2 is 1.84 bits per heavy atom. The van der Waals surface area contributed by atoms with Crippen molar-refractivity contribution < 1.29 is 14.2 Å². The van der Waals surface area contributed by atoms with Crippen molar-refractivity contribution in [2.45, 2.75) is 19.4 Å². The Morgan fingerprint density at radius 3 is 2.65 bits per heavy atom. The summed E-state index contributed by atoms with van der Waals surface area (Å²) < 4.78 is 16.7. The normalized spacial score (nSPS) is 12.0. The van der Waals surface area contributed by atoms with Crippen LogP contribution in [0.25, 0.3) is 22.0 Å². The molecule has 0 saturated heterocycles. The number of hydrogen-bond donors (Lipinski definition) is 2. The number of ether oxygens (including phenoxy) is 3. The molecule has 4 aromatic rings. The molecular formula is C24H26N4O3. The second-order valence-corrected chi connectivity index (χ2v) is 7.44. The lowest BCUT2D eigenvalue weighted by atomic mass is 10.0. The number of hydrogen-bond acceptors (Lipinski definition) is 6. The van der Waals surface area contributed by atoms with E-state index in [2.05, 4.69) is 21.2 Å². The number of pyridine rings is 1. The van der Waals surface area contributed by atoms with Gasteiger partial charge >= 0.3 is 0 Å². The topological polar surface area (TPSA) is 95.3 Å². The van der Waals surface area contributed by atoms with E-state index < -0.39 is 0 Å². The third-order valence-electron chi connectivity index (χ3n) is 5.22. The first kappa shape index (κ1) is 20.7. The van der Waals surface area contributed by atoms with Crippen LogP contribution < -0.4 is 19.9 Å². The summed E-state index contributed by atoms with van der Waals surface area (Å²) in [6.07, 6.45) is 4.12. The lowest BCUT2D eigenvalue weighted by Gasteiger charge is -2.16. The SMILES string of the molecule is COc1ccc(OC)c(C[C@H](N)COc2cncc(-c3ccc4n[nH]c(C)c4c3)c2)c1. The maximum absolute atomic E-state index is 6.33. The van der Waals surface area contributed by atoms with Gasteiger partial charge in [-0.2, -0.15) is 5.10 Å². The molecule has 0 spiro atoms. The van der Waals surface area contributed by atoms with Gasteiger partial charge < -0.3 is 19.9 Å². The van der Waals surface area contributed by atoms with Gasteiger partial charge in [-0.05, 0) is 60.9 Å². The van der Waals surface area contributed by atoms with Gasteiger partial charge in [-0.1, -0.05) is 6.07 Å². The van der Waals surface area contributed by atoms with E-state index in [0.717, 1.165) is 44.8 Å². The minimum absolute atomic E-state index is 0.213. The van der Waals surface area contributed by atoms with Crippen LogP contribution in [-0.4, -0.2) is 42.0 Å². The average molecular weight is 418 g/mol. The molecule has 2 heterocycles. The van der Waals surface area contributed by atoms with Crippen LogP contribution in [0.4, 0.5) is 0 Å². The van der Waals surface area contributed by atoms with E-state index in [1.807, 2.05) is 49.5 Å². The van der Waals surface area contributed by atoms with Gasteiger partial charge in [0.15, 0.2) is 0 Å². The number of methoxy groups -OCH3 is 2. The van der Waals surface area contributed by atoms with Gasteiger partial charge in [0.1, 0.15) is 23.9 Å². The molecule has 4 rings (SSSR count). The second-order valence-electron chi connectivity index (χ2n) is 7.44. The molecule has 0 saturated carbocycles. The summed E-state index contributed by atoms with van der Waals surface area (Å²) in [4.78, 5) is 4.34. The highest BCUT2D eigenvalue weighted by Gasteiger charge is 2.12. The first-order valence-electron chi connectivity index (χ1n) is 10.1. The lowest BCUT2D eigenvalue weighted by molar-refractivity contribution is 0.285. The molecule has 0 bridgehead atoms. The number of benzene rings is 2. The maximum Gasteiger partial charge on any atom is 0.138 e. The fourth-order valence-corrected chi connectivity index (χ4v) is 3.56. The van der Waals surface area contributed by atoms with Gasteiger partial charge in [0.25, 0.3) is 0 Å². The van der Waals surface area contributed by atoms with E-state index in [1.54, 1.807) is 20.4 Å². The lowest BCUT2D eigenvalue weighted by Crippen LogP contribution is -2.30. The van der Waals surface area contributed by atoms with E-state index >= 15 is 0 Å². The predicted molar refractivity (Wildman–Crippen MR) is 121 cm³/mol. The van der Waals surface area contributed by atoms with Gasteiger partial charge in [0.2, 0.25) is 0 Å². The summed E-state index contributed by atoms with van der Waals surface area (Å²) in [5.74, 6) is 2.23. The third kappa shape index (κ3) is 4.62. The van der Waals surface area contributed by atoms with Crippen molar-refractivity contribution in [2.24, 2.45) is 5.73 Å². The third-order valence-corrected chi connectivity index (χ3v) is 5.22. The van der Waals surface area contributed by atoms with Crippen molar-refractivity contribution in [2.75, 3.05) is 20.8 Å². The Labute approximate surface area is 181 Å². The van der Waals surface area contributed by atoms with Gasteiger partial charge in [0, 0.05) is 28.9 Å². The van der Waals surface area contributed by atoms with E-state index in [1.165, 1.54) is 0 Å². The summed E-state index contributed by atoms with van der Waals surface area (Å²) in [5, 5.41) is 8.39. The summed E-state index contributed by atoms with van der Waals surface area (Å²) in [6.45, 7) is 2.36. The van der Waals surface area contributed by atoms with E-state index in [9.17, 15) is 0 Å². The van der Waals surface area contributed by atoms with Crippen molar-refractivity contribution >= 4 is 10.9 Å². The number of nitrogens with one attached hydrogen (secondary N) is 1. The molecule has 0 fully saturated rings. The maximum atomic E-state index is 6.33. The molecule has 31 heavy (non-hydrogen) atoms. The van der Waals surface area contributed by atoms with Crippen LogP contribution in [-0.2, 0) is 6.42 Å². The fraction of sp³-hybridized carbons (Fsp3) is 0.250. The van der Waals surface area contributed by atoms with Gasteiger partial charge in [-0.15, -0.1) is 0 Å². The van der Waals surface area contributed by atoms with Crippen LogP contribution in [0.2, 0.25) is 0 Å². The zero-order valence-electron chi connectivity index (χ0n) is 17.9. The highest BCUT2D eigenvalue weighted by Crippen LogP contribution is 2.28. The molecule has 0 aliphatic rings. The van der Waals surface area contributed by atoms with Crippen molar-refractivity contribution in [1.29, 1.82) is 0 Å². The highest BCUT2D eigenvalue weighted by atomic mass is 16.5. The minimum Gasteiger partial charge on any atom is -0.497 e. The zero-order valence-corrected chi connectivity index (χ0v) is 17.9. The Bertz CT molecular complexity index is 1190. The predicted octanol–water partition coefficient (Wildman–Crippen LogP) is 3.90. The quantitative estimate of drug-likeness (QED) is 0.451. The second kappa shape index (κ2) is 9.06. The minimum atomic E-state index is -0.213. The number of fused-ring (bicyclic) bond motifs is 1. The van der Waals surface area contributed by atoms with Gasteiger partial charge in [-0.3, -0.25) is 10.1 Å². The molecule has 0 aliphatic heterocycles. The number of aromatic amines is 1. The standard InChI is InChI=1S/C24H26N4O3/c1-15-22-11-16(4-6-23(22)28-27-15)18-10-21(13-26-12-18)31-14-19(25)8-17-9-20(29-2)5-7-24(17)30-3/h4-7,9-13,19H,8,14,25H2,1-3H3,(H,27,28)/t19-/m0/s1. The summed E-state index contributed by atoms with van der Waals surface area (Å²) in [6, 6.07) is 13.6. The number of nitrogens with zero attached hydrogens (tertiary/aromatic N) is 2. The van der Waals surface area contributed by atoms with Crippen molar-refractivity contribution in [3.05, 3.63) is 66.1 Å². The van der Waals surface area contributed by atoms with Crippen LogP contribution in [0.3, 0.4) is 0 Å². The zero-order chi connectivity index (χ0) is 21.8. The first-order chi connectivity index (χ1) is 15.1. The molecule has 0 radical (unpaired) electrons. The highest BCUT2D eigenvalue weighted by molar-refractivity contribution is 5.86. The molecule has 7 heteroatoms. The van der Waals surface area contributed by atoms with Crippen LogP contribution in [0.15, 0.2) is 54.9 Å². The summed E-state index contributed by atoms with van der Waals surface area (Å²) in [5.41, 5.74) is 11.3. The molecule has 0 unspecified atom stereocenters. The smallest absolute Gasteiger partial charge is 0.138 e. The number of rotatable bonds is 8. The molecule has 7 nitrogen and oxygen atoms in total. The van der Waals surface area contributed by atoms with Crippen LogP contribution in [0, 0.1) is 6.92 Å². The number of nitrogens with two attached hydrogens (primary N) is 1. The molecule has 1 atom stereocenters. The summed E-state index contributed by atoms with van der Waals surface area (Å²) >= 11 is 0. The molecular weight excluding hydrogens is 392 g/mol. The van der Waals surface area contributed by atoms with E-state index in [-0.39, 0.29) is 6.04 Å². The largest absolute Gasteiger partial charge is 0.497 e. The Kier molecular flexibility index (Phi) is 6.04. The Morgan fingerprint density at radius 1 is 0.968 bits per heavy atom. The molecule has 3 N–H and O–H groups in total. The van der Waals surface area contributed by atoms with Gasteiger partial charge in [0.05, 0.1) is 25.9 Å². The van der Waals surface area contributed by atoms with Crippen molar-refractivity contribution in [3.63, 3.8) is 0 Å².